The largest absolute Gasteiger partial charge is 0.480 e. The topological polar surface area (TPSA) is 98.7 Å². The highest BCUT2D eigenvalue weighted by molar-refractivity contribution is 5.99. The minimum Gasteiger partial charge on any atom is -0.480 e. The van der Waals surface area contributed by atoms with Gasteiger partial charge in [-0.05, 0) is 56.7 Å². The molecule has 3 rings (SSSR count). The van der Waals surface area contributed by atoms with Gasteiger partial charge in [0.15, 0.2) is 0 Å². The highest BCUT2D eigenvalue weighted by Crippen LogP contribution is 2.42. The zero-order chi connectivity index (χ0) is 18.8. The van der Waals surface area contributed by atoms with E-state index in [-0.39, 0.29) is 29.8 Å². The SMILES string of the molecule is CC(C)NC(=O)Nc1cccc(C(=O)N2CC3CCCC3C2C(=O)O)c1. The third-order valence-electron chi connectivity index (χ3n) is 5.19. The summed E-state index contributed by atoms with van der Waals surface area (Å²) in [6, 6.07) is 5.53. The molecule has 0 bridgehead atoms. The van der Waals surface area contributed by atoms with Crippen molar-refractivity contribution in [2.45, 2.75) is 45.2 Å². The number of hydrogen-bond acceptors (Lipinski definition) is 3. The first-order valence-corrected chi connectivity index (χ1v) is 9.08. The third-order valence-corrected chi connectivity index (χ3v) is 5.19. The Bertz CT molecular complexity index is 718. The molecular weight excluding hydrogens is 334 g/mol. The number of rotatable bonds is 4. The van der Waals surface area contributed by atoms with Crippen molar-refractivity contribution in [2.24, 2.45) is 11.8 Å². The van der Waals surface area contributed by atoms with Crippen LogP contribution in [0.25, 0.3) is 0 Å². The molecule has 2 fully saturated rings. The number of likely N-dealkylation sites (tertiary alicyclic amines) is 1. The second kappa shape index (κ2) is 7.35. The van der Waals surface area contributed by atoms with Gasteiger partial charge in [-0.2, -0.15) is 0 Å². The van der Waals surface area contributed by atoms with Gasteiger partial charge >= 0.3 is 12.0 Å². The van der Waals surface area contributed by atoms with Gasteiger partial charge in [0.1, 0.15) is 6.04 Å². The van der Waals surface area contributed by atoms with Gasteiger partial charge in [-0.25, -0.2) is 9.59 Å². The van der Waals surface area contributed by atoms with Crippen LogP contribution < -0.4 is 10.6 Å². The predicted octanol–water partition coefficient (Wildman–Crippen LogP) is 2.54. The molecule has 3 N–H and O–H groups in total. The van der Waals surface area contributed by atoms with Crippen LogP contribution in [0.2, 0.25) is 0 Å². The van der Waals surface area contributed by atoms with Gasteiger partial charge in [-0.3, -0.25) is 4.79 Å². The number of nitrogens with zero attached hydrogens (tertiary/aromatic N) is 1. The number of benzene rings is 1. The van der Waals surface area contributed by atoms with Crippen LogP contribution >= 0.6 is 0 Å². The first kappa shape index (κ1) is 18.2. The van der Waals surface area contributed by atoms with E-state index >= 15 is 0 Å². The number of anilines is 1. The van der Waals surface area contributed by atoms with Crippen molar-refractivity contribution in [3.63, 3.8) is 0 Å². The van der Waals surface area contributed by atoms with Gasteiger partial charge in [-0.1, -0.05) is 12.5 Å². The smallest absolute Gasteiger partial charge is 0.326 e. The number of urea groups is 1. The Hall–Kier alpha value is -2.57. The molecule has 1 aliphatic carbocycles. The van der Waals surface area contributed by atoms with E-state index in [9.17, 15) is 19.5 Å². The maximum Gasteiger partial charge on any atom is 0.326 e. The molecule has 140 valence electrons. The van der Waals surface area contributed by atoms with Gasteiger partial charge in [0.05, 0.1) is 0 Å². The maximum absolute atomic E-state index is 12.9. The highest BCUT2D eigenvalue weighted by Gasteiger charge is 2.49. The van der Waals surface area contributed by atoms with Crippen molar-refractivity contribution >= 4 is 23.6 Å². The van der Waals surface area contributed by atoms with E-state index in [1.54, 1.807) is 24.3 Å². The van der Waals surface area contributed by atoms with Crippen LogP contribution in [0.5, 0.6) is 0 Å². The lowest BCUT2D eigenvalue weighted by Crippen LogP contribution is -2.43. The van der Waals surface area contributed by atoms with Crippen LogP contribution in [0, 0.1) is 11.8 Å². The first-order valence-electron chi connectivity index (χ1n) is 9.08. The van der Waals surface area contributed by atoms with Crippen LogP contribution in [-0.2, 0) is 4.79 Å². The number of amides is 3. The zero-order valence-corrected chi connectivity index (χ0v) is 15.1. The van der Waals surface area contributed by atoms with E-state index in [1.165, 1.54) is 4.90 Å². The van der Waals surface area contributed by atoms with E-state index in [0.29, 0.717) is 17.8 Å². The molecule has 1 aromatic carbocycles. The summed E-state index contributed by atoms with van der Waals surface area (Å²) in [6.07, 6.45) is 2.88. The number of carboxylic acids is 1. The molecule has 7 nitrogen and oxygen atoms in total. The molecule has 7 heteroatoms. The molecule has 1 heterocycles. The Morgan fingerprint density at radius 1 is 1.23 bits per heavy atom. The van der Waals surface area contributed by atoms with Crippen LogP contribution in [0.4, 0.5) is 10.5 Å². The summed E-state index contributed by atoms with van der Waals surface area (Å²) in [5.74, 6) is -0.897. The fourth-order valence-electron chi connectivity index (χ4n) is 4.16. The summed E-state index contributed by atoms with van der Waals surface area (Å²) < 4.78 is 0. The van der Waals surface area contributed by atoms with Crippen LogP contribution in [-0.4, -0.2) is 46.5 Å². The van der Waals surface area contributed by atoms with Crippen molar-refractivity contribution in [3.05, 3.63) is 29.8 Å². The fourth-order valence-corrected chi connectivity index (χ4v) is 4.16. The van der Waals surface area contributed by atoms with Crippen LogP contribution in [0.3, 0.4) is 0 Å². The number of nitrogens with one attached hydrogen (secondary N) is 2. The van der Waals surface area contributed by atoms with Crippen LogP contribution in [0.15, 0.2) is 24.3 Å². The number of hydrogen-bond donors (Lipinski definition) is 3. The Balaban J connectivity index is 1.76. The van der Waals surface area contributed by atoms with Crippen molar-refractivity contribution in [1.82, 2.24) is 10.2 Å². The quantitative estimate of drug-likeness (QED) is 0.769. The minimum atomic E-state index is -0.932. The highest BCUT2D eigenvalue weighted by atomic mass is 16.4. The van der Waals surface area contributed by atoms with Crippen molar-refractivity contribution < 1.29 is 19.5 Å². The number of fused-ring (bicyclic) bond motifs is 1. The number of aliphatic carboxylic acids is 1. The Morgan fingerprint density at radius 3 is 2.69 bits per heavy atom. The molecule has 0 radical (unpaired) electrons. The monoisotopic (exact) mass is 359 g/mol. The molecule has 1 aliphatic heterocycles. The van der Waals surface area contributed by atoms with Gasteiger partial charge in [-0.15, -0.1) is 0 Å². The van der Waals surface area contributed by atoms with E-state index in [4.69, 9.17) is 0 Å². The summed E-state index contributed by atoms with van der Waals surface area (Å²) >= 11 is 0. The lowest BCUT2D eigenvalue weighted by Gasteiger charge is -2.24. The van der Waals surface area contributed by atoms with Gasteiger partial charge < -0.3 is 20.6 Å². The Morgan fingerprint density at radius 2 is 2.00 bits per heavy atom. The lowest BCUT2D eigenvalue weighted by molar-refractivity contribution is -0.142. The van der Waals surface area contributed by atoms with E-state index in [0.717, 1.165) is 19.3 Å². The van der Waals surface area contributed by atoms with E-state index in [1.807, 2.05) is 13.8 Å². The normalized spacial score (nSPS) is 24.4. The van der Waals surface area contributed by atoms with E-state index in [2.05, 4.69) is 10.6 Å². The first-order chi connectivity index (χ1) is 12.4. The Kier molecular flexibility index (Phi) is 5.15. The molecule has 1 aromatic rings. The minimum absolute atomic E-state index is 0.000138. The standard InChI is InChI=1S/C19H25N3O4/c1-11(2)20-19(26)21-14-7-3-5-12(9-14)17(23)22-10-13-6-4-8-15(13)16(22)18(24)25/h3,5,7,9,11,13,15-16H,4,6,8,10H2,1-2H3,(H,24,25)(H2,20,21,26). The molecule has 3 atom stereocenters. The van der Waals surface area contributed by atoms with Crippen molar-refractivity contribution in [2.75, 3.05) is 11.9 Å². The number of carboxylic acid groups (broad SMARTS) is 1. The molecule has 1 saturated heterocycles. The summed E-state index contributed by atoms with van der Waals surface area (Å²) in [7, 11) is 0. The molecule has 2 aliphatic rings. The zero-order valence-electron chi connectivity index (χ0n) is 15.1. The van der Waals surface area contributed by atoms with Gasteiger partial charge in [0.25, 0.3) is 5.91 Å². The molecule has 1 saturated carbocycles. The average Bonchev–Trinajstić information content (AvgIpc) is 3.13. The second-order valence-corrected chi connectivity index (χ2v) is 7.43. The third kappa shape index (κ3) is 3.66. The number of carbonyl (C=O) groups excluding carboxylic acids is 2. The van der Waals surface area contributed by atoms with Crippen molar-refractivity contribution in [1.29, 1.82) is 0 Å². The second-order valence-electron chi connectivity index (χ2n) is 7.43. The van der Waals surface area contributed by atoms with E-state index < -0.39 is 12.0 Å². The fraction of sp³-hybridized carbons (Fsp3) is 0.526. The van der Waals surface area contributed by atoms with Crippen LogP contribution in [0.1, 0.15) is 43.5 Å². The summed E-state index contributed by atoms with van der Waals surface area (Å²) in [6.45, 7) is 4.21. The molecular formula is C19H25N3O4. The summed E-state index contributed by atoms with van der Waals surface area (Å²) in [5, 5.41) is 15.0. The lowest BCUT2D eigenvalue weighted by atomic mass is 9.94. The molecule has 0 spiro atoms. The van der Waals surface area contributed by atoms with Crippen molar-refractivity contribution in [3.8, 4) is 0 Å². The number of carbonyl (C=O) groups is 3. The molecule has 0 aromatic heterocycles. The maximum atomic E-state index is 12.9. The van der Waals surface area contributed by atoms with Gasteiger partial charge in [0.2, 0.25) is 0 Å². The average molecular weight is 359 g/mol. The molecule has 3 unspecified atom stereocenters. The molecule has 3 amide bonds. The molecule has 26 heavy (non-hydrogen) atoms. The van der Waals surface area contributed by atoms with Gasteiger partial charge in [0, 0.05) is 23.8 Å². The Labute approximate surface area is 152 Å². The summed E-state index contributed by atoms with van der Waals surface area (Å²) in [5.41, 5.74) is 0.888. The summed E-state index contributed by atoms with van der Waals surface area (Å²) in [4.78, 5) is 38.0. The predicted molar refractivity (Wildman–Crippen MR) is 97.0 cm³/mol.